The Hall–Kier alpha value is -0.170. The van der Waals surface area contributed by atoms with Gasteiger partial charge in [-0.2, -0.15) is 0 Å². The van der Waals surface area contributed by atoms with E-state index >= 15 is 0 Å². The van der Waals surface area contributed by atoms with Gasteiger partial charge in [0.1, 0.15) is 0 Å². The van der Waals surface area contributed by atoms with E-state index in [1.807, 2.05) is 0 Å². The molecule has 1 heterocycles. The van der Waals surface area contributed by atoms with Crippen LogP contribution in [0.1, 0.15) is 38.5 Å². The second kappa shape index (κ2) is 7.20. The minimum absolute atomic E-state index is 0.483. The van der Waals surface area contributed by atoms with E-state index in [4.69, 9.17) is 5.73 Å². The van der Waals surface area contributed by atoms with Crippen LogP contribution in [0, 0.1) is 5.92 Å². The van der Waals surface area contributed by atoms with Crippen LogP contribution in [-0.4, -0.2) is 62.6 Å². The molecule has 2 fully saturated rings. The first-order valence-corrected chi connectivity index (χ1v) is 9.75. The van der Waals surface area contributed by atoms with Crippen molar-refractivity contribution in [3.05, 3.63) is 0 Å². The van der Waals surface area contributed by atoms with Crippen LogP contribution in [-0.2, 0) is 10.0 Å². The van der Waals surface area contributed by atoms with Gasteiger partial charge in [-0.15, -0.1) is 0 Å². The largest absolute Gasteiger partial charge is 0.330 e. The number of rotatable bonds is 7. The molecule has 6 heteroatoms. The standard InChI is InChI=1S/C14H29N3O2S/c1-20(18,19)17-10-3-5-13(12-17)11-16(9-4-8-15)14-6-2-7-14/h13-14H,2-12,15H2,1H3. The van der Waals surface area contributed by atoms with Crippen LogP contribution in [0.4, 0.5) is 0 Å². The Balaban J connectivity index is 1.88. The van der Waals surface area contributed by atoms with Crippen LogP contribution < -0.4 is 5.73 Å². The van der Waals surface area contributed by atoms with E-state index in [2.05, 4.69) is 4.90 Å². The summed E-state index contributed by atoms with van der Waals surface area (Å²) in [5.74, 6) is 0.483. The summed E-state index contributed by atoms with van der Waals surface area (Å²) < 4.78 is 25.0. The van der Waals surface area contributed by atoms with Gasteiger partial charge in [0.25, 0.3) is 0 Å². The van der Waals surface area contributed by atoms with E-state index in [9.17, 15) is 8.42 Å². The molecule has 20 heavy (non-hydrogen) atoms. The number of hydrogen-bond acceptors (Lipinski definition) is 4. The quantitative estimate of drug-likeness (QED) is 0.757. The molecule has 0 aromatic rings. The molecule has 5 nitrogen and oxygen atoms in total. The van der Waals surface area contributed by atoms with E-state index in [-0.39, 0.29) is 0 Å². The van der Waals surface area contributed by atoms with Gasteiger partial charge in [0.15, 0.2) is 0 Å². The molecule has 0 spiro atoms. The van der Waals surface area contributed by atoms with Crippen LogP contribution in [0.15, 0.2) is 0 Å². The maximum absolute atomic E-state index is 11.7. The molecule has 2 N–H and O–H groups in total. The Morgan fingerprint density at radius 3 is 2.55 bits per heavy atom. The lowest BCUT2D eigenvalue weighted by atomic mass is 9.89. The maximum Gasteiger partial charge on any atom is 0.211 e. The molecule has 2 rings (SSSR count). The molecule has 118 valence electrons. The van der Waals surface area contributed by atoms with Crippen molar-refractivity contribution in [1.29, 1.82) is 0 Å². The molecule has 0 radical (unpaired) electrons. The third-order valence-electron chi connectivity index (χ3n) is 4.68. The van der Waals surface area contributed by atoms with Crippen molar-refractivity contribution < 1.29 is 8.42 Å². The van der Waals surface area contributed by atoms with Crippen LogP contribution in [0.25, 0.3) is 0 Å². The first-order valence-electron chi connectivity index (χ1n) is 7.90. The predicted octanol–water partition coefficient (Wildman–Crippen LogP) is 0.861. The summed E-state index contributed by atoms with van der Waals surface area (Å²) >= 11 is 0. The fourth-order valence-corrected chi connectivity index (χ4v) is 4.22. The number of nitrogens with zero attached hydrogens (tertiary/aromatic N) is 2. The third kappa shape index (κ3) is 4.41. The average Bonchev–Trinajstić information content (AvgIpc) is 2.33. The maximum atomic E-state index is 11.7. The zero-order chi connectivity index (χ0) is 14.6. The van der Waals surface area contributed by atoms with Gasteiger partial charge in [0, 0.05) is 25.7 Å². The highest BCUT2D eigenvalue weighted by Gasteiger charge is 2.30. The van der Waals surface area contributed by atoms with Crippen molar-refractivity contribution in [3.8, 4) is 0 Å². The van der Waals surface area contributed by atoms with Crippen molar-refractivity contribution in [3.63, 3.8) is 0 Å². The van der Waals surface area contributed by atoms with Crippen LogP contribution in [0.5, 0.6) is 0 Å². The zero-order valence-corrected chi connectivity index (χ0v) is 13.4. The number of hydrogen-bond donors (Lipinski definition) is 1. The molecule has 1 aliphatic carbocycles. The molecule has 2 aliphatic rings. The van der Waals surface area contributed by atoms with E-state index in [0.29, 0.717) is 19.0 Å². The van der Waals surface area contributed by atoms with Gasteiger partial charge in [0.2, 0.25) is 10.0 Å². The summed E-state index contributed by atoms with van der Waals surface area (Å²) in [5, 5.41) is 0. The second-order valence-electron chi connectivity index (χ2n) is 6.35. The van der Waals surface area contributed by atoms with Crippen molar-refractivity contribution in [2.75, 3.05) is 39.0 Å². The van der Waals surface area contributed by atoms with Gasteiger partial charge >= 0.3 is 0 Å². The predicted molar refractivity (Wildman–Crippen MR) is 82.0 cm³/mol. The molecule has 1 saturated heterocycles. The van der Waals surface area contributed by atoms with Gasteiger partial charge in [0.05, 0.1) is 6.26 Å². The Bertz CT molecular complexity index is 395. The van der Waals surface area contributed by atoms with Crippen molar-refractivity contribution in [1.82, 2.24) is 9.21 Å². The first kappa shape index (κ1) is 16.2. The summed E-state index contributed by atoms with van der Waals surface area (Å²) in [6.07, 6.45) is 8.45. The number of piperidine rings is 1. The lowest BCUT2D eigenvalue weighted by Gasteiger charge is -2.41. The fourth-order valence-electron chi connectivity index (χ4n) is 3.28. The summed E-state index contributed by atoms with van der Waals surface area (Å²) in [5.41, 5.74) is 5.63. The Morgan fingerprint density at radius 2 is 2.00 bits per heavy atom. The molecule has 0 bridgehead atoms. The molecule has 1 atom stereocenters. The Morgan fingerprint density at radius 1 is 1.25 bits per heavy atom. The van der Waals surface area contributed by atoms with Gasteiger partial charge in [-0.05, 0) is 51.1 Å². The fraction of sp³-hybridized carbons (Fsp3) is 1.00. The van der Waals surface area contributed by atoms with Gasteiger partial charge in [-0.3, -0.25) is 0 Å². The van der Waals surface area contributed by atoms with Crippen molar-refractivity contribution in [2.45, 2.75) is 44.6 Å². The minimum atomic E-state index is -3.03. The summed E-state index contributed by atoms with van der Waals surface area (Å²) in [6, 6.07) is 0.718. The van der Waals surface area contributed by atoms with E-state index < -0.39 is 10.0 Å². The first-order chi connectivity index (χ1) is 9.50. The number of sulfonamides is 1. The second-order valence-corrected chi connectivity index (χ2v) is 8.33. The topological polar surface area (TPSA) is 66.6 Å². The lowest BCUT2D eigenvalue weighted by Crippen LogP contribution is -2.48. The molecular weight excluding hydrogens is 274 g/mol. The molecule has 1 saturated carbocycles. The average molecular weight is 303 g/mol. The van der Waals surface area contributed by atoms with Crippen molar-refractivity contribution in [2.24, 2.45) is 11.7 Å². The lowest BCUT2D eigenvalue weighted by molar-refractivity contribution is 0.0911. The van der Waals surface area contributed by atoms with Gasteiger partial charge in [-0.25, -0.2) is 12.7 Å². The van der Waals surface area contributed by atoms with E-state index in [1.54, 1.807) is 4.31 Å². The molecule has 1 unspecified atom stereocenters. The highest BCUT2D eigenvalue weighted by atomic mass is 32.2. The zero-order valence-electron chi connectivity index (χ0n) is 12.6. The Labute approximate surface area is 123 Å². The van der Waals surface area contributed by atoms with Crippen LogP contribution in [0.2, 0.25) is 0 Å². The summed E-state index contributed by atoms with van der Waals surface area (Å²) in [4.78, 5) is 2.56. The minimum Gasteiger partial charge on any atom is -0.330 e. The number of nitrogens with two attached hydrogens (primary N) is 1. The molecular formula is C14H29N3O2S. The van der Waals surface area contributed by atoms with E-state index in [0.717, 1.165) is 44.9 Å². The molecule has 0 amide bonds. The Kier molecular flexibility index (Phi) is 5.84. The van der Waals surface area contributed by atoms with Crippen LogP contribution in [0.3, 0.4) is 0 Å². The highest BCUT2D eigenvalue weighted by Crippen LogP contribution is 2.28. The van der Waals surface area contributed by atoms with Gasteiger partial charge < -0.3 is 10.6 Å². The molecule has 1 aliphatic heterocycles. The smallest absolute Gasteiger partial charge is 0.211 e. The highest BCUT2D eigenvalue weighted by molar-refractivity contribution is 7.88. The summed E-state index contributed by atoms with van der Waals surface area (Å²) in [7, 11) is -3.03. The van der Waals surface area contributed by atoms with E-state index in [1.165, 1.54) is 25.5 Å². The summed E-state index contributed by atoms with van der Waals surface area (Å²) in [6.45, 7) is 4.24. The van der Waals surface area contributed by atoms with Gasteiger partial charge in [-0.1, -0.05) is 6.42 Å². The van der Waals surface area contributed by atoms with Crippen LogP contribution >= 0.6 is 0 Å². The SMILES string of the molecule is CS(=O)(=O)N1CCCC(CN(CCCN)C2CCC2)C1. The molecule has 0 aromatic carbocycles. The monoisotopic (exact) mass is 303 g/mol. The molecule has 0 aromatic heterocycles. The normalized spacial score (nSPS) is 25.9. The third-order valence-corrected chi connectivity index (χ3v) is 5.95. The van der Waals surface area contributed by atoms with Crippen molar-refractivity contribution >= 4 is 10.0 Å².